The zero-order valence-corrected chi connectivity index (χ0v) is 18.7. The van der Waals surface area contributed by atoms with Crippen molar-refractivity contribution in [1.29, 1.82) is 0 Å². The highest BCUT2D eigenvalue weighted by Gasteiger charge is 2.10. The summed E-state index contributed by atoms with van der Waals surface area (Å²) in [7, 11) is 0. The number of ether oxygens (including phenoxy) is 1. The quantitative estimate of drug-likeness (QED) is 0.350. The Balaban J connectivity index is 1.24. The fourth-order valence-corrected chi connectivity index (χ4v) is 4.36. The van der Waals surface area contributed by atoms with Gasteiger partial charge in [-0.15, -0.1) is 11.3 Å². The van der Waals surface area contributed by atoms with E-state index >= 15 is 0 Å². The monoisotopic (exact) mass is 444 g/mol. The van der Waals surface area contributed by atoms with E-state index < -0.39 is 0 Å². The summed E-state index contributed by atoms with van der Waals surface area (Å²) in [4.78, 5) is 28.8. The average Bonchev–Trinajstić information content (AvgIpc) is 3.22. The molecule has 3 aromatic carbocycles. The van der Waals surface area contributed by atoms with Crippen molar-refractivity contribution in [2.45, 2.75) is 26.2 Å². The van der Waals surface area contributed by atoms with E-state index in [1.807, 2.05) is 60.7 Å². The van der Waals surface area contributed by atoms with Crippen LogP contribution < -0.4 is 5.32 Å². The highest BCUT2D eigenvalue weighted by atomic mass is 32.1. The number of esters is 1. The number of aryl methyl sites for hydroxylation is 1. The number of carbonyl (C=O) groups is 2. The summed E-state index contributed by atoms with van der Waals surface area (Å²) >= 11 is 1.65. The second-order valence-corrected chi connectivity index (χ2v) is 8.60. The number of thiazole rings is 1. The predicted molar refractivity (Wildman–Crippen MR) is 129 cm³/mol. The zero-order chi connectivity index (χ0) is 22.3. The van der Waals surface area contributed by atoms with Gasteiger partial charge in [0.15, 0.2) is 0 Å². The van der Waals surface area contributed by atoms with Gasteiger partial charge in [-0.05, 0) is 54.4 Å². The van der Waals surface area contributed by atoms with Gasteiger partial charge in [-0.1, -0.05) is 36.4 Å². The van der Waals surface area contributed by atoms with Gasteiger partial charge in [-0.3, -0.25) is 9.59 Å². The van der Waals surface area contributed by atoms with Gasteiger partial charge in [0, 0.05) is 24.1 Å². The number of anilines is 1. The third-order valence-corrected chi connectivity index (χ3v) is 6.08. The van der Waals surface area contributed by atoms with Gasteiger partial charge in [0.25, 0.3) is 0 Å². The summed E-state index contributed by atoms with van der Waals surface area (Å²) in [6.45, 7) is 2.39. The lowest BCUT2D eigenvalue weighted by Crippen LogP contribution is -2.15. The maximum absolute atomic E-state index is 12.2. The summed E-state index contributed by atoms with van der Waals surface area (Å²) in [5.41, 5.74) is 5.01. The molecule has 0 aliphatic rings. The number of aromatic nitrogens is 1. The lowest BCUT2D eigenvalue weighted by atomic mass is 10.2. The lowest BCUT2D eigenvalue weighted by Gasteiger charge is -2.07. The number of rotatable bonds is 8. The molecule has 0 aliphatic carbocycles. The van der Waals surface area contributed by atoms with Crippen molar-refractivity contribution in [3.63, 3.8) is 0 Å². The molecule has 0 atom stereocenters. The highest BCUT2D eigenvalue weighted by molar-refractivity contribution is 7.21. The summed E-state index contributed by atoms with van der Waals surface area (Å²) in [6, 6.07) is 23.6. The Bertz CT molecular complexity index is 1220. The van der Waals surface area contributed by atoms with Crippen LogP contribution in [0.25, 0.3) is 20.8 Å². The van der Waals surface area contributed by atoms with Crippen molar-refractivity contribution in [2.24, 2.45) is 0 Å². The maximum Gasteiger partial charge on any atom is 0.306 e. The van der Waals surface area contributed by atoms with Crippen LogP contribution in [0.1, 0.15) is 24.0 Å². The Morgan fingerprint density at radius 2 is 1.75 bits per heavy atom. The minimum Gasteiger partial charge on any atom is -0.465 e. The molecule has 0 bridgehead atoms. The Hall–Kier alpha value is -3.51. The lowest BCUT2D eigenvalue weighted by molar-refractivity contribution is -0.144. The molecule has 0 saturated carbocycles. The van der Waals surface area contributed by atoms with Gasteiger partial charge >= 0.3 is 5.97 Å². The summed E-state index contributed by atoms with van der Waals surface area (Å²) in [6.07, 6.45) is 0.812. The Morgan fingerprint density at radius 3 is 2.53 bits per heavy atom. The maximum atomic E-state index is 12.2. The number of hydrogen-bond acceptors (Lipinski definition) is 5. The number of nitrogens with one attached hydrogen (secondary N) is 1. The molecule has 0 spiro atoms. The van der Waals surface area contributed by atoms with Crippen LogP contribution in [-0.2, 0) is 20.7 Å². The van der Waals surface area contributed by atoms with Crippen LogP contribution in [0.5, 0.6) is 0 Å². The van der Waals surface area contributed by atoms with Gasteiger partial charge in [-0.25, -0.2) is 4.98 Å². The zero-order valence-electron chi connectivity index (χ0n) is 17.8. The van der Waals surface area contributed by atoms with Gasteiger partial charge in [0.05, 0.1) is 23.2 Å². The second kappa shape index (κ2) is 10.2. The van der Waals surface area contributed by atoms with E-state index in [0.717, 1.165) is 26.4 Å². The fourth-order valence-electron chi connectivity index (χ4n) is 3.29. The molecule has 4 aromatic rings. The van der Waals surface area contributed by atoms with E-state index in [1.54, 1.807) is 11.3 Å². The van der Waals surface area contributed by atoms with E-state index in [9.17, 15) is 9.59 Å². The molecule has 0 radical (unpaired) electrons. The Labute approximate surface area is 191 Å². The molecule has 0 unspecified atom stereocenters. The van der Waals surface area contributed by atoms with Crippen LogP contribution >= 0.6 is 11.3 Å². The summed E-state index contributed by atoms with van der Waals surface area (Å²) in [5.74, 6) is -0.578. The Morgan fingerprint density at radius 1 is 0.969 bits per heavy atom. The molecule has 1 amide bonds. The third-order valence-electron chi connectivity index (χ3n) is 5.01. The Kier molecular flexibility index (Phi) is 6.92. The SMILES string of the molecule is Cc1ccc2nc(-c3ccc(NC(=O)CCC(=O)OCCc4ccccc4)cc3)sc2c1. The molecule has 162 valence electrons. The van der Waals surface area contributed by atoms with Crippen LogP contribution in [0.3, 0.4) is 0 Å². The van der Waals surface area contributed by atoms with Crippen LogP contribution in [0.4, 0.5) is 5.69 Å². The third kappa shape index (κ3) is 5.80. The molecule has 1 N–H and O–H groups in total. The van der Waals surface area contributed by atoms with Crippen molar-refractivity contribution >= 4 is 39.1 Å². The molecular weight excluding hydrogens is 420 g/mol. The summed E-state index contributed by atoms with van der Waals surface area (Å²) in [5, 5.41) is 3.77. The number of nitrogens with zero attached hydrogens (tertiary/aromatic N) is 1. The molecule has 1 aromatic heterocycles. The first kappa shape index (κ1) is 21.7. The summed E-state index contributed by atoms with van der Waals surface area (Å²) < 4.78 is 6.38. The van der Waals surface area contributed by atoms with Crippen molar-refractivity contribution in [3.05, 3.63) is 83.9 Å². The predicted octanol–water partition coefficient (Wildman–Crippen LogP) is 5.78. The molecule has 32 heavy (non-hydrogen) atoms. The van der Waals surface area contributed by atoms with Gasteiger partial charge in [-0.2, -0.15) is 0 Å². The number of hydrogen-bond donors (Lipinski definition) is 1. The van der Waals surface area contributed by atoms with E-state index in [4.69, 9.17) is 4.74 Å². The molecule has 4 rings (SSSR count). The first-order chi connectivity index (χ1) is 15.6. The van der Waals surface area contributed by atoms with E-state index in [1.165, 1.54) is 5.56 Å². The van der Waals surface area contributed by atoms with Gasteiger partial charge in [0.1, 0.15) is 5.01 Å². The molecule has 1 heterocycles. The van der Waals surface area contributed by atoms with Gasteiger partial charge in [0.2, 0.25) is 5.91 Å². The molecule has 0 aliphatic heterocycles. The highest BCUT2D eigenvalue weighted by Crippen LogP contribution is 2.31. The molecule has 6 heteroatoms. The largest absolute Gasteiger partial charge is 0.465 e. The number of amides is 1. The smallest absolute Gasteiger partial charge is 0.306 e. The van der Waals surface area contributed by atoms with Crippen LogP contribution in [0.15, 0.2) is 72.8 Å². The number of carbonyl (C=O) groups excluding carboxylic acids is 2. The van der Waals surface area contributed by atoms with Crippen molar-refractivity contribution in [3.8, 4) is 10.6 Å². The van der Waals surface area contributed by atoms with Crippen LogP contribution in [0, 0.1) is 6.92 Å². The molecule has 0 fully saturated rings. The van der Waals surface area contributed by atoms with Crippen molar-refractivity contribution < 1.29 is 14.3 Å². The fraction of sp³-hybridized carbons (Fsp3) is 0.192. The van der Waals surface area contributed by atoms with Crippen LogP contribution in [-0.4, -0.2) is 23.5 Å². The second-order valence-electron chi connectivity index (χ2n) is 7.57. The molecule has 5 nitrogen and oxygen atoms in total. The minimum atomic E-state index is -0.363. The first-order valence-corrected chi connectivity index (χ1v) is 11.4. The van der Waals surface area contributed by atoms with E-state index in [0.29, 0.717) is 18.7 Å². The first-order valence-electron chi connectivity index (χ1n) is 10.5. The standard InChI is InChI=1S/C26H24N2O3S/c1-18-7-12-22-23(17-18)32-26(28-22)20-8-10-21(11-9-20)27-24(29)13-14-25(30)31-16-15-19-5-3-2-4-6-19/h2-12,17H,13-16H2,1H3,(H,27,29). The van der Waals surface area contributed by atoms with Gasteiger partial charge < -0.3 is 10.1 Å². The number of fused-ring (bicyclic) bond motifs is 1. The molecule has 0 saturated heterocycles. The van der Waals surface area contributed by atoms with Crippen molar-refractivity contribution in [1.82, 2.24) is 4.98 Å². The topological polar surface area (TPSA) is 68.3 Å². The average molecular weight is 445 g/mol. The van der Waals surface area contributed by atoms with Crippen LogP contribution in [0.2, 0.25) is 0 Å². The number of benzene rings is 3. The molecular formula is C26H24N2O3S. The van der Waals surface area contributed by atoms with Crippen molar-refractivity contribution in [2.75, 3.05) is 11.9 Å². The minimum absolute atomic E-state index is 0.0594. The van der Waals surface area contributed by atoms with E-state index in [-0.39, 0.29) is 24.7 Å². The van der Waals surface area contributed by atoms with E-state index in [2.05, 4.69) is 29.4 Å². The normalized spacial score (nSPS) is 10.8.